The molecule has 0 radical (unpaired) electrons. The number of nitrogens with one attached hydrogen (secondary N) is 1. The zero-order valence-electron chi connectivity index (χ0n) is 10.5. The van der Waals surface area contributed by atoms with E-state index < -0.39 is 11.5 Å². The number of hydrogen-bond acceptors (Lipinski definition) is 5. The van der Waals surface area contributed by atoms with Gasteiger partial charge < -0.3 is 15.0 Å². The molecule has 1 aromatic rings. The average Bonchev–Trinajstić information content (AvgIpc) is 2.60. The molecule has 0 fully saturated rings. The molecule has 96 valence electrons. The van der Waals surface area contributed by atoms with Crippen molar-refractivity contribution < 1.29 is 9.90 Å². The van der Waals surface area contributed by atoms with Gasteiger partial charge in [-0.15, -0.1) is 10.2 Å². The van der Waals surface area contributed by atoms with Gasteiger partial charge in [0.2, 0.25) is 0 Å². The molecule has 2 N–H and O–H groups in total. The predicted octanol–water partition coefficient (Wildman–Crippen LogP) is 0.668. The van der Waals surface area contributed by atoms with Crippen LogP contribution in [0.4, 0.5) is 0 Å². The van der Waals surface area contributed by atoms with Crippen LogP contribution in [0.3, 0.4) is 0 Å². The number of likely N-dealkylation sites (N-methyl/N-ethyl adjacent to an activating group) is 1. The lowest BCUT2D eigenvalue weighted by Gasteiger charge is -2.23. The minimum atomic E-state index is -0.888. The van der Waals surface area contributed by atoms with Gasteiger partial charge in [0.25, 0.3) is 0 Å². The first-order chi connectivity index (χ1) is 7.90. The van der Waals surface area contributed by atoms with Crippen molar-refractivity contribution in [2.45, 2.75) is 31.0 Å². The Morgan fingerprint density at radius 3 is 2.65 bits per heavy atom. The van der Waals surface area contributed by atoms with Crippen molar-refractivity contribution in [2.24, 2.45) is 7.05 Å². The van der Waals surface area contributed by atoms with Crippen molar-refractivity contribution in [1.29, 1.82) is 0 Å². The first-order valence-electron chi connectivity index (χ1n) is 5.32. The van der Waals surface area contributed by atoms with E-state index >= 15 is 0 Å². The number of carbonyl (C=O) groups is 1. The Labute approximate surface area is 105 Å². The Hall–Kier alpha value is -1.08. The van der Waals surface area contributed by atoms with E-state index in [1.54, 1.807) is 14.0 Å². The van der Waals surface area contributed by atoms with Crippen LogP contribution in [-0.2, 0) is 11.8 Å². The molecule has 1 rings (SSSR count). The van der Waals surface area contributed by atoms with Gasteiger partial charge >= 0.3 is 5.97 Å². The summed E-state index contributed by atoms with van der Waals surface area (Å²) in [4.78, 5) is 11.1. The van der Waals surface area contributed by atoms with Crippen LogP contribution >= 0.6 is 11.8 Å². The maximum Gasteiger partial charge on any atom is 0.323 e. The van der Waals surface area contributed by atoms with E-state index in [2.05, 4.69) is 15.5 Å². The maximum atomic E-state index is 11.1. The Kier molecular flexibility index (Phi) is 4.53. The minimum absolute atomic E-state index is 0.523. The summed E-state index contributed by atoms with van der Waals surface area (Å²) in [5.41, 5.74) is -0.888. The van der Waals surface area contributed by atoms with Gasteiger partial charge in [0.1, 0.15) is 11.4 Å². The molecule has 17 heavy (non-hydrogen) atoms. The number of rotatable bonds is 6. The highest BCUT2D eigenvalue weighted by Crippen LogP contribution is 2.20. The summed E-state index contributed by atoms with van der Waals surface area (Å²) in [6.07, 6.45) is 0.523. The van der Waals surface area contributed by atoms with Crippen LogP contribution in [0.5, 0.6) is 0 Å². The van der Waals surface area contributed by atoms with Crippen LogP contribution in [0.1, 0.15) is 19.2 Å². The van der Waals surface area contributed by atoms with Gasteiger partial charge in [0.15, 0.2) is 5.16 Å². The molecule has 0 saturated heterocycles. The maximum absolute atomic E-state index is 11.1. The summed E-state index contributed by atoms with van der Waals surface area (Å²) in [6, 6.07) is 0. The summed E-state index contributed by atoms with van der Waals surface area (Å²) < 4.78 is 1.89. The van der Waals surface area contributed by atoms with Gasteiger partial charge in [-0.05, 0) is 27.3 Å². The van der Waals surface area contributed by atoms with E-state index in [0.717, 1.165) is 11.0 Å². The quantitative estimate of drug-likeness (QED) is 0.730. The van der Waals surface area contributed by atoms with Crippen LogP contribution in [-0.4, -0.2) is 44.2 Å². The van der Waals surface area contributed by atoms with E-state index in [4.69, 9.17) is 5.11 Å². The molecular weight excluding hydrogens is 240 g/mol. The zero-order valence-corrected chi connectivity index (χ0v) is 11.3. The van der Waals surface area contributed by atoms with Crippen molar-refractivity contribution in [3.63, 3.8) is 0 Å². The van der Waals surface area contributed by atoms with Gasteiger partial charge in [-0.25, -0.2) is 0 Å². The van der Waals surface area contributed by atoms with Crippen molar-refractivity contribution in [3.05, 3.63) is 5.82 Å². The number of carboxylic acid groups (broad SMARTS) is 1. The second-order valence-electron chi connectivity index (χ2n) is 4.07. The summed E-state index contributed by atoms with van der Waals surface area (Å²) in [5.74, 6) is 0.687. The molecule has 7 heteroatoms. The lowest BCUT2D eigenvalue weighted by Crippen LogP contribution is -2.47. The van der Waals surface area contributed by atoms with Gasteiger partial charge in [-0.1, -0.05) is 11.8 Å². The van der Waals surface area contributed by atoms with Crippen LogP contribution < -0.4 is 5.32 Å². The first-order valence-corrected chi connectivity index (χ1v) is 6.30. The summed E-state index contributed by atoms with van der Waals surface area (Å²) >= 11 is 1.51. The first kappa shape index (κ1) is 14.0. The predicted molar refractivity (Wildman–Crippen MR) is 66.2 cm³/mol. The minimum Gasteiger partial charge on any atom is -0.480 e. The Balaban J connectivity index is 2.53. The molecule has 1 unspecified atom stereocenters. The third-order valence-corrected chi connectivity index (χ3v) is 3.93. The van der Waals surface area contributed by atoms with E-state index in [1.807, 2.05) is 18.5 Å². The number of nitrogens with zero attached hydrogens (tertiary/aromatic N) is 3. The smallest absolute Gasteiger partial charge is 0.323 e. The van der Waals surface area contributed by atoms with Crippen molar-refractivity contribution in [3.8, 4) is 0 Å². The second-order valence-corrected chi connectivity index (χ2v) is 5.14. The van der Waals surface area contributed by atoms with Crippen LogP contribution in [0.2, 0.25) is 0 Å². The second kappa shape index (κ2) is 5.50. The Morgan fingerprint density at radius 2 is 2.24 bits per heavy atom. The van der Waals surface area contributed by atoms with Crippen LogP contribution in [0.25, 0.3) is 0 Å². The van der Waals surface area contributed by atoms with E-state index in [0.29, 0.717) is 12.2 Å². The van der Waals surface area contributed by atoms with E-state index in [1.165, 1.54) is 11.8 Å². The number of aryl methyl sites for hydroxylation is 1. The number of thioether (sulfide) groups is 1. The largest absolute Gasteiger partial charge is 0.480 e. The van der Waals surface area contributed by atoms with E-state index in [9.17, 15) is 4.79 Å². The number of aromatic nitrogens is 3. The van der Waals surface area contributed by atoms with Gasteiger partial charge in [0, 0.05) is 12.8 Å². The molecule has 0 spiro atoms. The number of carboxylic acids is 1. The number of hydrogen-bond donors (Lipinski definition) is 2. The molecule has 6 nitrogen and oxygen atoms in total. The molecule has 1 atom stereocenters. The fourth-order valence-electron chi connectivity index (χ4n) is 1.20. The lowest BCUT2D eigenvalue weighted by atomic mass is 10.00. The van der Waals surface area contributed by atoms with Gasteiger partial charge in [0.05, 0.1) is 0 Å². The fourth-order valence-corrected chi connectivity index (χ4v) is 2.32. The average molecular weight is 258 g/mol. The van der Waals surface area contributed by atoms with E-state index in [-0.39, 0.29) is 0 Å². The molecule has 0 aliphatic rings. The molecule has 0 aliphatic heterocycles. The third-order valence-electron chi connectivity index (χ3n) is 2.91. The summed E-state index contributed by atoms with van der Waals surface area (Å²) in [5, 5.41) is 20.7. The Bertz CT molecular complexity index is 407. The van der Waals surface area contributed by atoms with Crippen LogP contribution in [0, 0.1) is 6.92 Å². The highest BCUT2D eigenvalue weighted by molar-refractivity contribution is 7.99. The lowest BCUT2D eigenvalue weighted by molar-refractivity contribution is -0.144. The molecule has 0 saturated carbocycles. The van der Waals surface area contributed by atoms with Gasteiger partial charge in [-0.2, -0.15) is 0 Å². The fraction of sp³-hybridized carbons (Fsp3) is 0.700. The molecule has 1 heterocycles. The number of aliphatic carboxylic acids is 1. The van der Waals surface area contributed by atoms with Crippen LogP contribution in [0.15, 0.2) is 5.16 Å². The third kappa shape index (κ3) is 3.19. The highest BCUT2D eigenvalue weighted by atomic mass is 32.2. The van der Waals surface area contributed by atoms with Crippen molar-refractivity contribution in [2.75, 3.05) is 12.8 Å². The SMILES string of the molecule is CNC(C)(CCSc1nnc(C)n1C)C(=O)O. The Morgan fingerprint density at radius 1 is 1.59 bits per heavy atom. The van der Waals surface area contributed by atoms with Gasteiger partial charge in [-0.3, -0.25) is 4.79 Å². The summed E-state index contributed by atoms with van der Waals surface area (Å²) in [7, 11) is 3.55. The molecule has 1 aromatic heterocycles. The zero-order chi connectivity index (χ0) is 13.1. The molecule has 0 aromatic carbocycles. The molecule has 0 aliphatic carbocycles. The topological polar surface area (TPSA) is 80.0 Å². The highest BCUT2D eigenvalue weighted by Gasteiger charge is 2.30. The monoisotopic (exact) mass is 258 g/mol. The standard InChI is InChI=1S/C10H18N4O2S/c1-7-12-13-9(14(7)4)17-6-5-10(2,11-3)8(15)16/h11H,5-6H2,1-4H3,(H,15,16). The van der Waals surface area contributed by atoms with Crippen molar-refractivity contribution >= 4 is 17.7 Å². The molecular formula is C10H18N4O2S. The van der Waals surface area contributed by atoms with Crippen molar-refractivity contribution in [1.82, 2.24) is 20.1 Å². The normalized spacial score (nSPS) is 14.6. The molecule has 0 amide bonds. The summed E-state index contributed by atoms with van der Waals surface area (Å²) in [6.45, 7) is 3.56. The molecule has 0 bridgehead atoms.